The number of nitrogens with zero attached hydrogens (tertiary/aromatic N) is 1. The second-order valence-electron chi connectivity index (χ2n) is 10.7. The fourth-order valence-electron chi connectivity index (χ4n) is 6.10. The number of ether oxygens (including phenoxy) is 1. The first-order chi connectivity index (χ1) is 20.1. The number of para-hydroxylation sites is 1. The number of likely N-dealkylation sites (tertiary alicyclic amines) is 1. The van der Waals surface area contributed by atoms with Crippen molar-refractivity contribution >= 4 is 35.0 Å². The van der Waals surface area contributed by atoms with Crippen LogP contribution in [0.5, 0.6) is 11.5 Å². The van der Waals surface area contributed by atoms with Crippen LogP contribution in [-0.2, 0) is 19.9 Å². The summed E-state index contributed by atoms with van der Waals surface area (Å²) in [6.07, 6.45) is -0.334. The molecule has 2 heterocycles. The molecular weight excluding hydrogens is 557 g/mol. The first kappa shape index (κ1) is 28.0. The summed E-state index contributed by atoms with van der Waals surface area (Å²) in [5.74, 6) is -0.824. The van der Waals surface area contributed by atoms with E-state index in [2.05, 4.69) is 11.9 Å². The van der Waals surface area contributed by atoms with E-state index in [4.69, 9.17) is 21.9 Å². The number of hydrogen-bond acceptors (Lipinski definition) is 8. The summed E-state index contributed by atoms with van der Waals surface area (Å²) < 4.78 is 20.7. The number of benzene rings is 3. The summed E-state index contributed by atoms with van der Waals surface area (Å²) in [7, 11) is 0. The molecule has 0 aromatic heterocycles. The van der Waals surface area contributed by atoms with Gasteiger partial charge in [0.15, 0.2) is 5.78 Å². The fraction of sp³-hybridized carbons (Fsp3) is 0.258. The molecule has 3 aliphatic rings. The van der Waals surface area contributed by atoms with Crippen LogP contribution < -0.4 is 27.3 Å². The van der Waals surface area contributed by atoms with E-state index in [0.717, 1.165) is 6.08 Å². The minimum atomic E-state index is -1.59. The lowest BCUT2D eigenvalue weighted by Gasteiger charge is -2.41. The van der Waals surface area contributed by atoms with Crippen LogP contribution in [0.2, 0.25) is 0 Å². The molecule has 216 valence electrons. The Bertz CT molecular complexity index is 1590. The van der Waals surface area contributed by atoms with Crippen molar-refractivity contribution in [2.24, 2.45) is 11.5 Å². The molecule has 11 heteroatoms. The maximum absolute atomic E-state index is 14.8. The van der Waals surface area contributed by atoms with Crippen LogP contribution in [0.25, 0.3) is 0 Å². The third kappa shape index (κ3) is 4.44. The number of ketones is 1. The Morgan fingerprint density at radius 1 is 1.07 bits per heavy atom. The second-order valence-corrected chi connectivity index (χ2v) is 11.9. The van der Waals surface area contributed by atoms with Gasteiger partial charge in [-0.1, -0.05) is 43.0 Å². The average molecular weight is 588 g/mol. The number of nitrogen functional groups attached to an aromatic ring is 1. The van der Waals surface area contributed by atoms with Crippen LogP contribution >= 0.6 is 11.8 Å². The number of alkyl halides is 1. The van der Waals surface area contributed by atoms with Gasteiger partial charge in [0.25, 0.3) is 0 Å². The van der Waals surface area contributed by atoms with E-state index >= 15 is 0 Å². The van der Waals surface area contributed by atoms with E-state index in [0.29, 0.717) is 38.8 Å². The highest BCUT2D eigenvalue weighted by Gasteiger charge is 2.57. The third-order valence-electron chi connectivity index (χ3n) is 8.24. The molecule has 1 aliphatic carbocycles. The lowest BCUT2D eigenvalue weighted by atomic mass is 9.65. The van der Waals surface area contributed by atoms with E-state index in [-0.39, 0.29) is 13.1 Å². The standard InChI is InChI=1S/C31H30FN5O4S/c1-2-23(38)37-14-20(32)22(15-37)36-30(40)28-25-24-19(12-13-21(33)27(24)42-28)31(35,29(39)26(25)34)16-8-10-18(11-9-16)41-17-6-4-3-5-7-17/h2-13,20,22,25-26,28H,1,14-15,33-35H2,(H,36,40)/t20-,22-,25?,26?,28?,31?/m0/s1. The van der Waals surface area contributed by atoms with Crippen LogP contribution in [0, 0.1) is 0 Å². The van der Waals surface area contributed by atoms with Crippen LogP contribution in [-0.4, -0.2) is 59.1 Å². The molecule has 1 saturated heterocycles. The number of nitrogens with one attached hydrogen (secondary N) is 1. The van der Waals surface area contributed by atoms with E-state index in [9.17, 15) is 18.8 Å². The molecule has 3 aromatic carbocycles. The van der Waals surface area contributed by atoms with Crippen LogP contribution in [0.15, 0.2) is 84.3 Å². The molecule has 42 heavy (non-hydrogen) atoms. The van der Waals surface area contributed by atoms with Crippen molar-refractivity contribution in [2.75, 3.05) is 18.8 Å². The predicted octanol–water partition coefficient (Wildman–Crippen LogP) is 2.58. The number of anilines is 1. The minimum absolute atomic E-state index is 0.0149. The van der Waals surface area contributed by atoms with Crippen molar-refractivity contribution in [3.8, 4) is 11.5 Å². The zero-order chi connectivity index (χ0) is 29.8. The van der Waals surface area contributed by atoms with Crippen molar-refractivity contribution in [3.63, 3.8) is 0 Å². The van der Waals surface area contributed by atoms with E-state index in [1.54, 1.807) is 36.4 Å². The van der Waals surface area contributed by atoms with Crippen LogP contribution in [0.3, 0.4) is 0 Å². The second kappa shape index (κ2) is 10.6. The Morgan fingerprint density at radius 3 is 2.45 bits per heavy atom. The van der Waals surface area contributed by atoms with E-state index in [1.165, 1.54) is 16.7 Å². The van der Waals surface area contributed by atoms with Gasteiger partial charge in [-0.3, -0.25) is 14.4 Å². The van der Waals surface area contributed by atoms with Crippen LogP contribution in [0.1, 0.15) is 22.6 Å². The molecule has 0 spiro atoms. The highest BCUT2D eigenvalue weighted by Crippen LogP contribution is 2.56. The number of carbonyl (C=O) groups excluding carboxylic acids is 3. The molecule has 2 amide bonds. The first-order valence-electron chi connectivity index (χ1n) is 13.5. The SMILES string of the molecule is C=CC(=O)N1C[C@H](NC(=O)C2Sc3c(N)ccc4c3C2C(N)C(=O)C4(N)c2ccc(Oc3ccccc3)cc2)[C@@H](F)C1. The zero-order valence-electron chi connectivity index (χ0n) is 22.5. The minimum Gasteiger partial charge on any atom is -0.457 e. The van der Waals surface area contributed by atoms with E-state index < -0.39 is 52.6 Å². The van der Waals surface area contributed by atoms with Gasteiger partial charge in [-0.2, -0.15) is 0 Å². The number of thioether (sulfide) groups is 1. The van der Waals surface area contributed by atoms with Gasteiger partial charge in [-0.05, 0) is 53.1 Å². The van der Waals surface area contributed by atoms with Gasteiger partial charge in [-0.15, -0.1) is 11.8 Å². The normalized spacial score (nSPS) is 27.8. The van der Waals surface area contributed by atoms with Crippen molar-refractivity contribution < 1.29 is 23.5 Å². The number of halogens is 1. The van der Waals surface area contributed by atoms with Gasteiger partial charge in [0, 0.05) is 23.0 Å². The molecule has 6 atom stereocenters. The summed E-state index contributed by atoms with van der Waals surface area (Å²) in [5, 5.41) is 1.90. The maximum Gasteiger partial charge on any atom is 0.246 e. The molecule has 9 nitrogen and oxygen atoms in total. The van der Waals surface area contributed by atoms with Crippen molar-refractivity contribution in [1.82, 2.24) is 10.2 Å². The van der Waals surface area contributed by atoms with Gasteiger partial charge in [-0.25, -0.2) is 4.39 Å². The smallest absolute Gasteiger partial charge is 0.246 e. The summed E-state index contributed by atoms with van der Waals surface area (Å²) >= 11 is 1.20. The van der Waals surface area contributed by atoms with Crippen molar-refractivity contribution in [2.45, 2.75) is 39.9 Å². The summed E-state index contributed by atoms with van der Waals surface area (Å²) in [6, 6.07) is 17.6. The van der Waals surface area contributed by atoms with Gasteiger partial charge < -0.3 is 32.2 Å². The van der Waals surface area contributed by atoms with Crippen molar-refractivity contribution in [1.29, 1.82) is 0 Å². The molecule has 4 unspecified atom stereocenters. The fourth-order valence-corrected chi connectivity index (χ4v) is 7.56. The largest absolute Gasteiger partial charge is 0.457 e. The molecule has 0 saturated carbocycles. The number of nitrogens with two attached hydrogens (primary N) is 3. The predicted molar refractivity (Wildman–Crippen MR) is 158 cm³/mol. The van der Waals surface area contributed by atoms with Crippen LogP contribution in [0.4, 0.5) is 10.1 Å². The van der Waals surface area contributed by atoms with Crippen molar-refractivity contribution in [3.05, 3.63) is 96.1 Å². The third-order valence-corrected chi connectivity index (χ3v) is 9.70. The topological polar surface area (TPSA) is 154 Å². The Labute approximate surface area is 246 Å². The molecule has 6 rings (SSSR count). The van der Waals surface area contributed by atoms with Gasteiger partial charge in [0.2, 0.25) is 11.8 Å². The van der Waals surface area contributed by atoms with Gasteiger partial charge in [0.1, 0.15) is 23.2 Å². The molecule has 3 aromatic rings. The summed E-state index contributed by atoms with van der Waals surface area (Å²) in [6.45, 7) is 3.31. The molecular formula is C31H30FN5O4S. The summed E-state index contributed by atoms with van der Waals surface area (Å²) in [4.78, 5) is 41.5. The number of rotatable bonds is 6. The highest BCUT2D eigenvalue weighted by atomic mass is 32.2. The molecule has 2 aliphatic heterocycles. The number of amides is 2. The lowest BCUT2D eigenvalue weighted by Crippen LogP contribution is -2.60. The quantitative estimate of drug-likeness (QED) is 0.254. The Morgan fingerprint density at radius 2 is 1.76 bits per heavy atom. The number of Topliss-reactive ketones (excluding diaryl/α,β-unsaturated/α-hetero) is 1. The molecule has 0 bridgehead atoms. The zero-order valence-corrected chi connectivity index (χ0v) is 23.4. The molecule has 1 fully saturated rings. The average Bonchev–Trinajstić information content (AvgIpc) is 3.58. The Balaban J connectivity index is 1.30. The van der Waals surface area contributed by atoms with E-state index in [1.807, 2.05) is 30.3 Å². The molecule has 0 radical (unpaired) electrons. The Hall–Kier alpha value is -4.19. The number of hydrogen-bond donors (Lipinski definition) is 4. The number of carbonyl (C=O) groups is 3. The maximum atomic E-state index is 14.8. The summed E-state index contributed by atoms with van der Waals surface area (Å²) in [5.41, 5.74) is 20.4. The van der Waals surface area contributed by atoms with Gasteiger partial charge >= 0.3 is 0 Å². The lowest BCUT2D eigenvalue weighted by molar-refractivity contribution is -0.127. The highest BCUT2D eigenvalue weighted by molar-refractivity contribution is 8.01. The first-order valence-corrected chi connectivity index (χ1v) is 14.4. The molecule has 7 N–H and O–H groups in total. The van der Waals surface area contributed by atoms with Gasteiger partial charge in [0.05, 0.1) is 23.9 Å². The Kier molecular flexibility index (Phi) is 7.04. The monoisotopic (exact) mass is 587 g/mol.